The van der Waals surface area contributed by atoms with Crippen LogP contribution in [0.3, 0.4) is 0 Å². The molecule has 7 heteroatoms. The zero-order valence-corrected chi connectivity index (χ0v) is 14.9. The molecule has 5 atom stereocenters. The number of fused-ring (bicyclic) bond motifs is 1. The molecule has 3 N–H and O–H groups in total. The van der Waals surface area contributed by atoms with Crippen LogP contribution in [0.4, 0.5) is 5.69 Å². The number of aliphatic hydroxyl groups is 1. The minimum Gasteiger partial charge on any atom is -0.462 e. The monoisotopic (exact) mass is 356 g/mol. The highest BCUT2D eigenvalue weighted by Gasteiger charge is 2.54. The van der Waals surface area contributed by atoms with Crippen LogP contribution < -0.4 is 5.32 Å². The van der Waals surface area contributed by atoms with Gasteiger partial charge in [-0.15, -0.1) is 0 Å². The van der Waals surface area contributed by atoms with Crippen LogP contribution in [0, 0.1) is 17.8 Å². The highest BCUT2D eigenvalue weighted by Crippen LogP contribution is 2.56. The Labute approximate surface area is 151 Å². The molecule has 2 heterocycles. The number of hydrogen-bond acceptors (Lipinski definition) is 6. The van der Waals surface area contributed by atoms with Gasteiger partial charge in [-0.2, -0.15) is 0 Å². The van der Waals surface area contributed by atoms with Crippen LogP contribution in [0.25, 0.3) is 11.2 Å². The van der Waals surface area contributed by atoms with Gasteiger partial charge in [-0.25, -0.2) is 14.8 Å². The first-order chi connectivity index (χ1) is 12.6. The molecule has 4 saturated carbocycles. The molecule has 0 amide bonds. The SMILES string of the molecule is CCOC(=O)c1cnc2[nH]cnc2c1NC1[C@@H]2CC3C[C@H]1CC(O)(C3)C2. The van der Waals surface area contributed by atoms with Gasteiger partial charge in [0.2, 0.25) is 0 Å². The summed E-state index contributed by atoms with van der Waals surface area (Å²) >= 11 is 0. The number of rotatable bonds is 4. The molecule has 0 radical (unpaired) electrons. The molecule has 3 unspecified atom stereocenters. The lowest BCUT2D eigenvalue weighted by Crippen LogP contribution is -2.59. The van der Waals surface area contributed by atoms with E-state index in [9.17, 15) is 9.90 Å². The van der Waals surface area contributed by atoms with Crippen LogP contribution in [0.5, 0.6) is 0 Å². The van der Waals surface area contributed by atoms with Crippen molar-refractivity contribution < 1.29 is 14.6 Å². The number of nitrogens with one attached hydrogen (secondary N) is 2. The number of pyridine rings is 1. The first-order valence-electron chi connectivity index (χ1n) is 9.54. The Kier molecular flexibility index (Phi) is 3.50. The quantitative estimate of drug-likeness (QED) is 0.728. The Balaban J connectivity index is 1.52. The number of nitrogens with zero attached hydrogens (tertiary/aromatic N) is 2. The van der Waals surface area contributed by atoms with Crippen LogP contribution in [0.2, 0.25) is 0 Å². The van der Waals surface area contributed by atoms with Crippen LogP contribution in [-0.2, 0) is 4.74 Å². The van der Waals surface area contributed by atoms with Crippen molar-refractivity contribution in [2.24, 2.45) is 17.8 Å². The number of carbonyl (C=O) groups excluding carboxylic acids is 1. The van der Waals surface area contributed by atoms with Crippen molar-refractivity contribution in [1.82, 2.24) is 15.0 Å². The van der Waals surface area contributed by atoms with Gasteiger partial charge in [-0.1, -0.05) is 0 Å². The Morgan fingerprint density at radius 3 is 2.81 bits per heavy atom. The number of anilines is 1. The first kappa shape index (κ1) is 16.1. The summed E-state index contributed by atoms with van der Waals surface area (Å²) in [6, 6.07) is 0.252. The van der Waals surface area contributed by atoms with E-state index in [4.69, 9.17) is 4.74 Å². The maximum atomic E-state index is 12.4. The van der Waals surface area contributed by atoms with Gasteiger partial charge in [0, 0.05) is 12.2 Å². The van der Waals surface area contributed by atoms with Crippen LogP contribution >= 0.6 is 0 Å². The second-order valence-corrected chi connectivity index (χ2v) is 8.23. The Morgan fingerprint density at radius 2 is 2.12 bits per heavy atom. The van der Waals surface area contributed by atoms with E-state index in [-0.39, 0.29) is 12.0 Å². The molecule has 0 aromatic carbocycles. The fourth-order valence-corrected chi connectivity index (χ4v) is 5.78. The molecule has 2 aromatic rings. The Morgan fingerprint density at radius 1 is 1.35 bits per heavy atom. The van der Waals surface area contributed by atoms with E-state index < -0.39 is 5.60 Å². The van der Waals surface area contributed by atoms with Crippen molar-refractivity contribution in [3.63, 3.8) is 0 Å². The van der Waals surface area contributed by atoms with Crippen LogP contribution in [0.1, 0.15) is 49.4 Å². The molecular formula is C19H24N4O3. The van der Waals surface area contributed by atoms with Crippen molar-refractivity contribution in [2.45, 2.75) is 50.7 Å². The van der Waals surface area contributed by atoms with Gasteiger partial charge >= 0.3 is 5.97 Å². The molecule has 26 heavy (non-hydrogen) atoms. The van der Waals surface area contributed by atoms with Gasteiger partial charge in [0.25, 0.3) is 0 Å². The molecule has 6 rings (SSSR count). The number of aromatic amines is 1. The van der Waals surface area contributed by atoms with E-state index in [1.54, 1.807) is 19.4 Å². The summed E-state index contributed by atoms with van der Waals surface area (Å²) in [6.45, 7) is 2.12. The van der Waals surface area contributed by atoms with Crippen LogP contribution in [-0.4, -0.2) is 44.3 Å². The lowest BCUT2D eigenvalue weighted by Gasteiger charge is -2.58. The standard InChI is InChI=1S/C19H24N4O3/c1-2-26-18(24)13-8-20-17-16(21-9-22-17)15(13)23-14-11-3-10-4-12(14)7-19(25,5-10)6-11/h8-12,14,25H,2-7H2,1H3,(H2,20,21,22,23)/t10?,11-,12+,14?,19?. The molecule has 0 aliphatic heterocycles. The summed E-state index contributed by atoms with van der Waals surface area (Å²) in [5.74, 6) is 1.13. The summed E-state index contributed by atoms with van der Waals surface area (Å²) in [6.07, 6.45) is 8.11. The third-order valence-corrected chi connectivity index (χ3v) is 6.50. The predicted molar refractivity (Wildman–Crippen MR) is 95.8 cm³/mol. The van der Waals surface area contributed by atoms with Crippen molar-refractivity contribution in [2.75, 3.05) is 11.9 Å². The molecule has 4 fully saturated rings. The van der Waals surface area contributed by atoms with Crippen molar-refractivity contribution in [1.29, 1.82) is 0 Å². The third-order valence-electron chi connectivity index (χ3n) is 6.50. The molecular weight excluding hydrogens is 332 g/mol. The maximum absolute atomic E-state index is 12.4. The summed E-state index contributed by atoms with van der Waals surface area (Å²) in [5.41, 5.74) is 1.99. The summed E-state index contributed by atoms with van der Waals surface area (Å²) in [4.78, 5) is 24.1. The predicted octanol–water partition coefficient (Wildman–Crippen LogP) is 2.49. The van der Waals surface area contributed by atoms with E-state index in [0.29, 0.717) is 46.8 Å². The van der Waals surface area contributed by atoms with Gasteiger partial charge in [0.15, 0.2) is 5.65 Å². The third kappa shape index (κ3) is 2.40. The second-order valence-electron chi connectivity index (χ2n) is 8.23. The first-order valence-corrected chi connectivity index (χ1v) is 9.54. The van der Waals surface area contributed by atoms with E-state index in [2.05, 4.69) is 20.3 Å². The molecule has 2 aromatic heterocycles. The topological polar surface area (TPSA) is 100 Å². The average Bonchev–Trinajstić information content (AvgIpc) is 3.05. The van der Waals surface area contributed by atoms with Crippen molar-refractivity contribution in [3.05, 3.63) is 18.1 Å². The van der Waals surface area contributed by atoms with E-state index in [1.165, 1.54) is 0 Å². The number of esters is 1. The van der Waals surface area contributed by atoms with E-state index in [1.807, 2.05) is 0 Å². The zero-order valence-electron chi connectivity index (χ0n) is 14.9. The molecule has 4 bridgehead atoms. The summed E-state index contributed by atoms with van der Waals surface area (Å²) < 4.78 is 5.22. The number of ether oxygens (including phenoxy) is 1. The van der Waals surface area contributed by atoms with Crippen molar-refractivity contribution >= 4 is 22.8 Å². The second kappa shape index (κ2) is 5.67. The molecule has 138 valence electrons. The van der Waals surface area contributed by atoms with E-state index >= 15 is 0 Å². The number of aromatic nitrogens is 3. The fourth-order valence-electron chi connectivity index (χ4n) is 5.78. The largest absolute Gasteiger partial charge is 0.462 e. The minimum atomic E-state index is -0.474. The van der Waals surface area contributed by atoms with Gasteiger partial charge in [-0.3, -0.25) is 0 Å². The summed E-state index contributed by atoms with van der Waals surface area (Å²) in [5, 5.41) is 14.5. The maximum Gasteiger partial charge on any atom is 0.341 e. The van der Waals surface area contributed by atoms with Crippen molar-refractivity contribution in [3.8, 4) is 0 Å². The number of hydrogen-bond donors (Lipinski definition) is 3. The van der Waals surface area contributed by atoms with Crippen LogP contribution in [0.15, 0.2) is 12.5 Å². The van der Waals surface area contributed by atoms with Gasteiger partial charge < -0.3 is 20.1 Å². The fraction of sp³-hybridized carbons (Fsp3) is 0.632. The van der Waals surface area contributed by atoms with E-state index in [0.717, 1.165) is 32.1 Å². The minimum absolute atomic E-state index is 0.252. The number of carbonyl (C=O) groups is 1. The number of H-pyrrole nitrogens is 1. The molecule has 0 saturated heterocycles. The Hall–Kier alpha value is -2.15. The molecule has 4 aliphatic carbocycles. The highest BCUT2D eigenvalue weighted by atomic mass is 16.5. The lowest BCUT2D eigenvalue weighted by molar-refractivity contribution is -0.129. The van der Waals surface area contributed by atoms with Gasteiger partial charge in [0.1, 0.15) is 11.1 Å². The van der Waals surface area contributed by atoms with Gasteiger partial charge in [-0.05, 0) is 56.8 Å². The molecule has 7 nitrogen and oxygen atoms in total. The Bertz CT molecular complexity index is 848. The zero-order chi connectivity index (χ0) is 17.9. The smallest absolute Gasteiger partial charge is 0.341 e. The average molecular weight is 356 g/mol. The molecule has 4 aliphatic rings. The normalized spacial score (nSPS) is 35.0. The lowest BCUT2D eigenvalue weighted by atomic mass is 9.52. The summed E-state index contributed by atoms with van der Waals surface area (Å²) in [7, 11) is 0. The highest BCUT2D eigenvalue weighted by molar-refractivity contribution is 6.02. The molecule has 0 spiro atoms. The van der Waals surface area contributed by atoms with Gasteiger partial charge in [0.05, 0.1) is 24.2 Å². The number of imidazole rings is 1.